The van der Waals surface area contributed by atoms with E-state index in [2.05, 4.69) is 9.88 Å². The molecule has 1 heterocycles. The van der Waals surface area contributed by atoms with Crippen LogP contribution in [0.3, 0.4) is 0 Å². The molecule has 0 radical (unpaired) electrons. The number of halogens is 2. The van der Waals surface area contributed by atoms with E-state index in [0.29, 0.717) is 21.5 Å². The first-order valence-corrected chi connectivity index (χ1v) is 12.3. The van der Waals surface area contributed by atoms with Crippen LogP contribution in [0.15, 0.2) is 24.3 Å². The average Bonchev–Trinajstić information content (AvgIpc) is 3.07. The summed E-state index contributed by atoms with van der Waals surface area (Å²) < 4.78 is 2.26. The van der Waals surface area contributed by atoms with Crippen molar-refractivity contribution >= 4 is 29.1 Å². The van der Waals surface area contributed by atoms with Gasteiger partial charge in [-0.25, -0.2) is 0 Å². The van der Waals surface area contributed by atoms with Crippen molar-refractivity contribution in [3.05, 3.63) is 45.6 Å². The molecule has 0 spiro atoms. The molecule has 1 aromatic heterocycles. The lowest BCUT2D eigenvalue weighted by atomic mass is 9.89. The zero-order valence-electron chi connectivity index (χ0n) is 18.2. The standard InChI is InChI=1S/C25H32Cl2N2O2/c1-16-20(25(31)28-22-9-5-6-10-24(22)30)14-23(19-12-11-18(26)13-21(19)27)29(16)15-17-7-3-2-4-8-17/h11-14,17,22,24,30H,2-10,15H2,1H3,(H,28,31)/t22-,24-/m0/s1. The Kier molecular flexibility index (Phi) is 7.30. The van der Waals surface area contributed by atoms with Crippen LogP contribution in [0.4, 0.5) is 0 Å². The minimum Gasteiger partial charge on any atom is -0.391 e. The molecule has 0 aliphatic heterocycles. The summed E-state index contributed by atoms with van der Waals surface area (Å²) in [7, 11) is 0. The van der Waals surface area contributed by atoms with E-state index in [9.17, 15) is 9.90 Å². The van der Waals surface area contributed by atoms with Gasteiger partial charge in [0, 0.05) is 22.8 Å². The van der Waals surface area contributed by atoms with Gasteiger partial charge in [-0.05, 0) is 62.8 Å². The van der Waals surface area contributed by atoms with Gasteiger partial charge in [0.2, 0.25) is 0 Å². The van der Waals surface area contributed by atoms with Gasteiger partial charge < -0.3 is 15.0 Å². The molecule has 0 unspecified atom stereocenters. The molecular formula is C25H32Cl2N2O2. The number of aliphatic hydroxyl groups is 1. The highest BCUT2D eigenvalue weighted by Gasteiger charge is 2.28. The van der Waals surface area contributed by atoms with Gasteiger partial charge >= 0.3 is 0 Å². The fraction of sp³-hybridized carbons (Fsp3) is 0.560. The highest BCUT2D eigenvalue weighted by atomic mass is 35.5. The molecule has 2 fully saturated rings. The molecule has 1 aromatic carbocycles. The van der Waals surface area contributed by atoms with Crippen molar-refractivity contribution in [2.24, 2.45) is 5.92 Å². The fourth-order valence-corrected chi connectivity index (χ4v) is 5.69. The second kappa shape index (κ2) is 9.97. The van der Waals surface area contributed by atoms with E-state index >= 15 is 0 Å². The number of nitrogens with zero attached hydrogens (tertiary/aromatic N) is 1. The Morgan fingerprint density at radius 1 is 1.06 bits per heavy atom. The number of hydrogen-bond donors (Lipinski definition) is 2. The largest absolute Gasteiger partial charge is 0.391 e. The van der Waals surface area contributed by atoms with Crippen molar-refractivity contribution < 1.29 is 9.90 Å². The molecule has 2 atom stereocenters. The van der Waals surface area contributed by atoms with Gasteiger partial charge in [0.05, 0.1) is 28.4 Å². The first-order chi connectivity index (χ1) is 14.9. The SMILES string of the molecule is Cc1c(C(=O)N[C@H]2CCCC[C@@H]2O)cc(-c2ccc(Cl)cc2Cl)n1CC1CCCCC1. The third-order valence-corrected chi connectivity index (χ3v) is 7.58. The summed E-state index contributed by atoms with van der Waals surface area (Å²) in [5.74, 6) is 0.498. The number of aliphatic hydroxyl groups excluding tert-OH is 1. The summed E-state index contributed by atoms with van der Waals surface area (Å²) in [6, 6.07) is 7.31. The summed E-state index contributed by atoms with van der Waals surface area (Å²) in [5, 5.41) is 14.6. The van der Waals surface area contributed by atoms with Crippen LogP contribution < -0.4 is 5.32 Å². The van der Waals surface area contributed by atoms with Gasteiger partial charge in [-0.2, -0.15) is 0 Å². The van der Waals surface area contributed by atoms with Crippen LogP contribution in [0, 0.1) is 12.8 Å². The Labute approximate surface area is 194 Å². The van der Waals surface area contributed by atoms with E-state index in [4.69, 9.17) is 23.2 Å². The summed E-state index contributed by atoms with van der Waals surface area (Å²) in [5.41, 5.74) is 3.46. The molecule has 2 aromatic rings. The smallest absolute Gasteiger partial charge is 0.253 e. The van der Waals surface area contributed by atoms with Gasteiger partial charge in [0.1, 0.15) is 0 Å². The predicted molar refractivity (Wildman–Crippen MR) is 127 cm³/mol. The van der Waals surface area contributed by atoms with E-state index in [0.717, 1.165) is 49.2 Å². The topological polar surface area (TPSA) is 54.3 Å². The Morgan fingerprint density at radius 3 is 2.48 bits per heavy atom. The van der Waals surface area contributed by atoms with Crippen LogP contribution in [-0.4, -0.2) is 27.7 Å². The van der Waals surface area contributed by atoms with Crippen LogP contribution in [0.1, 0.15) is 73.8 Å². The monoisotopic (exact) mass is 462 g/mol. The van der Waals surface area contributed by atoms with Crippen molar-refractivity contribution in [3.8, 4) is 11.3 Å². The van der Waals surface area contributed by atoms with Crippen molar-refractivity contribution in [2.75, 3.05) is 0 Å². The van der Waals surface area contributed by atoms with Crippen LogP contribution in [0.25, 0.3) is 11.3 Å². The van der Waals surface area contributed by atoms with Crippen molar-refractivity contribution in [3.63, 3.8) is 0 Å². The zero-order valence-corrected chi connectivity index (χ0v) is 19.7. The molecule has 4 rings (SSSR count). The maximum atomic E-state index is 13.2. The first-order valence-electron chi connectivity index (χ1n) is 11.6. The molecule has 4 nitrogen and oxygen atoms in total. The predicted octanol–water partition coefficient (Wildman–Crippen LogP) is 6.38. The molecule has 2 N–H and O–H groups in total. The second-order valence-corrected chi connectivity index (χ2v) is 10.0. The summed E-state index contributed by atoms with van der Waals surface area (Å²) >= 11 is 12.7. The second-order valence-electron chi connectivity index (χ2n) is 9.20. The normalized spacial score (nSPS) is 22.5. The minimum absolute atomic E-state index is 0.114. The number of nitrogens with one attached hydrogen (secondary N) is 1. The van der Waals surface area contributed by atoms with Crippen LogP contribution in [0.2, 0.25) is 10.0 Å². The van der Waals surface area contributed by atoms with Crippen LogP contribution in [-0.2, 0) is 6.54 Å². The number of aromatic nitrogens is 1. The number of carbonyl (C=O) groups is 1. The molecule has 2 aliphatic carbocycles. The molecule has 0 bridgehead atoms. The van der Waals surface area contributed by atoms with Crippen LogP contribution in [0.5, 0.6) is 0 Å². The van der Waals surface area contributed by atoms with Crippen LogP contribution >= 0.6 is 23.2 Å². The summed E-state index contributed by atoms with van der Waals surface area (Å²) in [4.78, 5) is 13.2. The van der Waals surface area contributed by atoms with E-state index in [1.165, 1.54) is 32.1 Å². The van der Waals surface area contributed by atoms with E-state index in [-0.39, 0.29) is 11.9 Å². The number of carbonyl (C=O) groups excluding carboxylic acids is 1. The highest BCUT2D eigenvalue weighted by molar-refractivity contribution is 6.36. The third kappa shape index (κ3) is 5.13. The number of benzene rings is 1. The molecular weight excluding hydrogens is 431 g/mol. The Morgan fingerprint density at radius 2 is 1.77 bits per heavy atom. The molecule has 6 heteroatoms. The lowest BCUT2D eigenvalue weighted by Gasteiger charge is -2.28. The van der Waals surface area contributed by atoms with Gasteiger partial charge in [0.25, 0.3) is 5.91 Å². The van der Waals surface area contributed by atoms with Gasteiger partial charge in [-0.3, -0.25) is 4.79 Å². The van der Waals surface area contributed by atoms with E-state index in [1.54, 1.807) is 6.07 Å². The first kappa shape index (κ1) is 22.7. The van der Waals surface area contributed by atoms with Crippen molar-refractivity contribution in [1.29, 1.82) is 0 Å². The number of rotatable bonds is 5. The van der Waals surface area contributed by atoms with Crippen molar-refractivity contribution in [1.82, 2.24) is 9.88 Å². The van der Waals surface area contributed by atoms with Gasteiger partial charge in [-0.15, -0.1) is 0 Å². The van der Waals surface area contributed by atoms with Gasteiger partial charge in [-0.1, -0.05) is 55.3 Å². The molecule has 2 saturated carbocycles. The summed E-state index contributed by atoms with van der Waals surface area (Å²) in [6.07, 6.45) is 9.47. The molecule has 168 valence electrons. The average molecular weight is 463 g/mol. The van der Waals surface area contributed by atoms with Gasteiger partial charge in [0.15, 0.2) is 0 Å². The van der Waals surface area contributed by atoms with E-state index < -0.39 is 6.10 Å². The Bertz CT molecular complexity index is 934. The maximum Gasteiger partial charge on any atom is 0.253 e. The highest BCUT2D eigenvalue weighted by Crippen LogP contribution is 2.35. The molecule has 31 heavy (non-hydrogen) atoms. The number of hydrogen-bond acceptors (Lipinski definition) is 2. The Balaban J connectivity index is 1.67. The summed E-state index contributed by atoms with van der Waals surface area (Å²) in [6.45, 7) is 2.90. The lowest BCUT2D eigenvalue weighted by molar-refractivity contribution is 0.0716. The van der Waals surface area contributed by atoms with Crippen molar-refractivity contribution in [2.45, 2.75) is 83.4 Å². The fourth-order valence-electron chi connectivity index (χ4n) is 5.18. The zero-order chi connectivity index (χ0) is 22.0. The third-order valence-electron chi connectivity index (χ3n) is 7.03. The molecule has 0 saturated heterocycles. The maximum absolute atomic E-state index is 13.2. The minimum atomic E-state index is -0.465. The lowest BCUT2D eigenvalue weighted by Crippen LogP contribution is -2.45. The molecule has 1 amide bonds. The number of amides is 1. The van der Waals surface area contributed by atoms with E-state index in [1.807, 2.05) is 25.1 Å². The quantitative estimate of drug-likeness (QED) is 0.540. The molecule has 2 aliphatic rings. The Hall–Kier alpha value is -1.49.